The standard InChI is InChI=1S/C8H9ClN2O4/c9-3-1-2-4-5(10)6(12)11(4)7(3)15-8(13)14/h4-5H,1-2,10H2,(H,13,14)/t4-,5-/m0/s1. The van der Waals surface area contributed by atoms with Crippen molar-refractivity contribution in [3.8, 4) is 0 Å². The summed E-state index contributed by atoms with van der Waals surface area (Å²) >= 11 is 5.79. The zero-order valence-corrected chi connectivity index (χ0v) is 8.40. The molecule has 2 aliphatic heterocycles. The SMILES string of the molecule is N[C@@H]1C(=O)N2C(OC(=O)O)=C(Cl)CC[C@@H]12. The number of carbonyl (C=O) groups excluding carboxylic acids is 1. The average Bonchev–Trinajstić information content (AvgIpc) is 2.19. The first-order valence-electron chi connectivity index (χ1n) is 4.40. The summed E-state index contributed by atoms with van der Waals surface area (Å²) < 4.78 is 4.47. The third-order valence-electron chi connectivity index (χ3n) is 2.56. The van der Waals surface area contributed by atoms with E-state index in [1.807, 2.05) is 0 Å². The van der Waals surface area contributed by atoms with Gasteiger partial charge in [0.15, 0.2) is 0 Å². The molecule has 1 amide bonds. The van der Waals surface area contributed by atoms with Crippen LogP contribution >= 0.6 is 11.6 Å². The lowest BCUT2D eigenvalue weighted by Crippen LogP contribution is -2.69. The van der Waals surface area contributed by atoms with E-state index in [2.05, 4.69) is 4.74 Å². The van der Waals surface area contributed by atoms with Gasteiger partial charge in [0.05, 0.1) is 11.1 Å². The molecule has 0 unspecified atom stereocenters. The number of amides is 1. The number of rotatable bonds is 1. The van der Waals surface area contributed by atoms with Crippen molar-refractivity contribution >= 4 is 23.7 Å². The molecule has 2 heterocycles. The molecule has 6 nitrogen and oxygen atoms in total. The summed E-state index contributed by atoms with van der Waals surface area (Å²) in [6.07, 6.45) is -0.373. The molecular weight excluding hydrogens is 224 g/mol. The first kappa shape index (κ1) is 10.3. The molecule has 2 rings (SSSR count). The Labute approximate surface area is 90.2 Å². The Kier molecular flexibility index (Phi) is 2.32. The van der Waals surface area contributed by atoms with Crippen molar-refractivity contribution in [3.63, 3.8) is 0 Å². The van der Waals surface area contributed by atoms with Crippen LogP contribution in [0.1, 0.15) is 12.8 Å². The Morgan fingerprint density at radius 2 is 2.33 bits per heavy atom. The first-order chi connectivity index (χ1) is 7.02. The molecule has 0 aliphatic carbocycles. The highest BCUT2D eigenvalue weighted by Crippen LogP contribution is 2.37. The maximum absolute atomic E-state index is 11.4. The van der Waals surface area contributed by atoms with Gasteiger partial charge in [-0.2, -0.15) is 0 Å². The van der Waals surface area contributed by atoms with E-state index >= 15 is 0 Å². The minimum atomic E-state index is -1.49. The predicted molar refractivity (Wildman–Crippen MR) is 49.8 cm³/mol. The maximum atomic E-state index is 11.4. The van der Waals surface area contributed by atoms with Crippen molar-refractivity contribution in [1.82, 2.24) is 4.90 Å². The molecule has 7 heteroatoms. The summed E-state index contributed by atoms with van der Waals surface area (Å²) in [6, 6.07) is -0.753. The molecule has 2 aliphatic rings. The molecule has 0 aromatic rings. The van der Waals surface area contributed by atoms with Gasteiger partial charge in [0, 0.05) is 0 Å². The number of carbonyl (C=O) groups is 2. The Morgan fingerprint density at radius 1 is 1.67 bits per heavy atom. The lowest BCUT2D eigenvalue weighted by molar-refractivity contribution is -0.150. The summed E-state index contributed by atoms with van der Waals surface area (Å²) in [7, 11) is 0. The van der Waals surface area contributed by atoms with Crippen LogP contribution in [0, 0.1) is 0 Å². The monoisotopic (exact) mass is 232 g/mol. The number of hydrogen-bond donors (Lipinski definition) is 2. The fraction of sp³-hybridized carbons (Fsp3) is 0.500. The minimum Gasteiger partial charge on any atom is -0.449 e. The van der Waals surface area contributed by atoms with E-state index in [1.165, 1.54) is 4.90 Å². The lowest BCUT2D eigenvalue weighted by atomic mass is 9.89. The van der Waals surface area contributed by atoms with E-state index in [4.69, 9.17) is 22.4 Å². The maximum Gasteiger partial charge on any atom is 0.512 e. The van der Waals surface area contributed by atoms with Gasteiger partial charge in [0.2, 0.25) is 11.8 Å². The largest absolute Gasteiger partial charge is 0.512 e. The zero-order valence-electron chi connectivity index (χ0n) is 7.64. The number of carboxylic acid groups (broad SMARTS) is 1. The molecule has 0 radical (unpaired) electrons. The van der Waals surface area contributed by atoms with E-state index in [1.54, 1.807) is 0 Å². The highest BCUT2D eigenvalue weighted by Gasteiger charge is 2.50. The molecule has 1 fully saturated rings. The van der Waals surface area contributed by atoms with Crippen LogP contribution in [-0.2, 0) is 9.53 Å². The quantitative estimate of drug-likeness (QED) is 0.505. The Bertz CT molecular complexity index is 368. The van der Waals surface area contributed by atoms with Gasteiger partial charge in [-0.25, -0.2) is 4.79 Å². The molecular formula is C8H9ClN2O4. The van der Waals surface area contributed by atoms with Crippen LogP contribution in [0.4, 0.5) is 4.79 Å². The molecule has 82 valence electrons. The van der Waals surface area contributed by atoms with Crippen LogP contribution in [0.3, 0.4) is 0 Å². The van der Waals surface area contributed by atoms with Gasteiger partial charge in [-0.15, -0.1) is 0 Å². The van der Waals surface area contributed by atoms with Gasteiger partial charge in [0.1, 0.15) is 6.04 Å². The molecule has 0 aromatic carbocycles. The number of fused-ring (bicyclic) bond motifs is 1. The minimum absolute atomic E-state index is 0.0906. The van der Waals surface area contributed by atoms with Crippen molar-refractivity contribution in [2.75, 3.05) is 0 Å². The number of ether oxygens (including phenoxy) is 1. The Hall–Kier alpha value is -1.27. The third kappa shape index (κ3) is 1.46. The molecule has 0 aromatic heterocycles. The van der Waals surface area contributed by atoms with Crippen molar-refractivity contribution in [3.05, 3.63) is 10.9 Å². The molecule has 0 saturated carbocycles. The first-order valence-corrected chi connectivity index (χ1v) is 4.78. The molecule has 15 heavy (non-hydrogen) atoms. The molecule has 1 saturated heterocycles. The number of nitrogens with two attached hydrogens (primary N) is 1. The van der Waals surface area contributed by atoms with Crippen LogP contribution in [0.15, 0.2) is 10.9 Å². The van der Waals surface area contributed by atoms with Crippen LogP contribution in [0.2, 0.25) is 0 Å². The van der Waals surface area contributed by atoms with Gasteiger partial charge < -0.3 is 15.6 Å². The second-order valence-electron chi connectivity index (χ2n) is 3.42. The van der Waals surface area contributed by atoms with Gasteiger partial charge in [-0.1, -0.05) is 11.6 Å². The number of allylic oxidation sites excluding steroid dienone is 1. The fourth-order valence-corrected chi connectivity index (χ4v) is 2.06. The molecule has 0 bridgehead atoms. The third-order valence-corrected chi connectivity index (χ3v) is 2.91. The Morgan fingerprint density at radius 3 is 2.93 bits per heavy atom. The van der Waals surface area contributed by atoms with Gasteiger partial charge >= 0.3 is 6.16 Å². The summed E-state index contributed by atoms with van der Waals surface area (Å²) in [6.45, 7) is 0. The van der Waals surface area contributed by atoms with E-state index < -0.39 is 12.2 Å². The molecule has 2 atom stereocenters. The van der Waals surface area contributed by atoms with E-state index in [9.17, 15) is 9.59 Å². The zero-order chi connectivity index (χ0) is 11.2. The predicted octanol–water partition coefficient (Wildman–Crippen LogP) is 0.421. The lowest BCUT2D eigenvalue weighted by Gasteiger charge is -2.47. The number of hydrogen-bond acceptors (Lipinski definition) is 4. The second-order valence-corrected chi connectivity index (χ2v) is 3.87. The van der Waals surface area contributed by atoms with Gasteiger partial charge in [-0.3, -0.25) is 9.69 Å². The van der Waals surface area contributed by atoms with Crippen LogP contribution in [0.25, 0.3) is 0 Å². The van der Waals surface area contributed by atoms with E-state index in [0.717, 1.165) is 0 Å². The molecule has 3 N–H and O–H groups in total. The summed E-state index contributed by atoms with van der Waals surface area (Å²) in [4.78, 5) is 23.0. The highest BCUT2D eigenvalue weighted by atomic mass is 35.5. The van der Waals surface area contributed by atoms with Crippen LogP contribution < -0.4 is 5.73 Å². The van der Waals surface area contributed by atoms with Gasteiger partial charge in [0.25, 0.3) is 0 Å². The summed E-state index contributed by atoms with van der Waals surface area (Å²) in [5.41, 5.74) is 5.56. The second kappa shape index (κ2) is 3.39. The smallest absolute Gasteiger partial charge is 0.449 e. The van der Waals surface area contributed by atoms with Crippen molar-refractivity contribution in [2.24, 2.45) is 5.73 Å². The number of β-lactam (4-membered cyclic amide) rings is 1. The topological polar surface area (TPSA) is 92.9 Å². The number of nitrogens with zero attached hydrogens (tertiary/aromatic N) is 1. The number of halogens is 1. The Balaban J connectivity index is 2.25. The molecule has 0 spiro atoms. The normalized spacial score (nSPS) is 29.7. The van der Waals surface area contributed by atoms with E-state index in [-0.39, 0.29) is 22.9 Å². The summed E-state index contributed by atoms with van der Waals surface area (Å²) in [5, 5.41) is 8.72. The summed E-state index contributed by atoms with van der Waals surface area (Å²) in [5.74, 6) is -0.443. The highest BCUT2D eigenvalue weighted by molar-refractivity contribution is 6.30. The fourth-order valence-electron chi connectivity index (χ4n) is 1.83. The van der Waals surface area contributed by atoms with E-state index in [0.29, 0.717) is 12.8 Å². The van der Waals surface area contributed by atoms with Crippen molar-refractivity contribution < 1.29 is 19.4 Å². The van der Waals surface area contributed by atoms with Crippen LogP contribution in [0.5, 0.6) is 0 Å². The van der Waals surface area contributed by atoms with Crippen molar-refractivity contribution in [1.29, 1.82) is 0 Å². The van der Waals surface area contributed by atoms with Crippen molar-refractivity contribution in [2.45, 2.75) is 24.9 Å². The van der Waals surface area contributed by atoms with Crippen LogP contribution in [-0.4, -0.2) is 34.2 Å². The average molecular weight is 233 g/mol. The van der Waals surface area contributed by atoms with Gasteiger partial charge in [-0.05, 0) is 12.8 Å².